The fraction of sp³-hybridized carbons (Fsp3) is 0.0556. The lowest BCUT2D eigenvalue weighted by molar-refractivity contribution is 0.475. The Bertz CT molecular complexity index is 749. The second-order valence-corrected chi connectivity index (χ2v) is 5.83. The molecule has 0 bridgehead atoms. The maximum Gasteiger partial charge on any atom is 0.126 e. The fourth-order valence-electron chi connectivity index (χ4n) is 1.80. The first kappa shape index (κ1) is 16.7. The lowest BCUT2D eigenvalue weighted by Crippen LogP contribution is -2.10. The maximum atomic E-state index is 9.22. The van der Waals surface area contributed by atoms with E-state index in [0.29, 0.717) is 17.2 Å². The predicted molar refractivity (Wildman–Crippen MR) is 97.8 cm³/mol. The Balaban J connectivity index is 2.00. The molecule has 2 rings (SSSR count). The average molecular weight is 325 g/mol. The molecular weight excluding hydrogens is 306 g/mol. The second-order valence-electron chi connectivity index (χ2n) is 4.88. The number of hydrogen-bond donors (Lipinski definition) is 3. The van der Waals surface area contributed by atoms with Crippen molar-refractivity contribution in [2.45, 2.75) is 11.8 Å². The van der Waals surface area contributed by atoms with Crippen molar-refractivity contribution in [3.63, 3.8) is 0 Å². The molecule has 5 N–H and O–H groups in total. The molecule has 0 fully saturated rings. The van der Waals surface area contributed by atoms with E-state index in [1.165, 1.54) is 10.5 Å². The highest BCUT2D eigenvalue weighted by Crippen LogP contribution is 2.23. The van der Waals surface area contributed by atoms with Crippen molar-refractivity contribution in [2.75, 3.05) is 0 Å². The molecule has 0 saturated heterocycles. The number of amidine groups is 1. The van der Waals surface area contributed by atoms with Gasteiger partial charge in [-0.15, -0.1) is 0 Å². The summed E-state index contributed by atoms with van der Waals surface area (Å²) in [6.07, 6.45) is 3.39. The summed E-state index contributed by atoms with van der Waals surface area (Å²) in [7, 11) is 0. The molecule has 0 aliphatic heterocycles. The third-order valence-corrected chi connectivity index (χ3v) is 3.96. The summed E-state index contributed by atoms with van der Waals surface area (Å²) in [5.74, 6) is 0.493. The van der Waals surface area contributed by atoms with Gasteiger partial charge in [0.2, 0.25) is 0 Å². The van der Waals surface area contributed by atoms with Crippen molar-refractivity contribution >= 4 is 23.3 Å². The number of phenols is 1. The van der Waals surface area contributed by atoms with Gasteiger partial charge in [-0.25, -0.2) is 4.99 Å². The Morgan fingerprint density at radius 1 is 1.09 bits per heavy atom. The molecule has 0 aliphatic rings. The molecule has 0 atom stereocenters. The number of nitrogens with two attached hydrogens (primary N) is 2. The number of aromatic hydroxyl groups is 1. The zero-order valence-electron chi connectivity index (χ0n) is 12.8. The van der Waals surface area contributed by atoms with E-state index in [0.717, 1.165) is 0 Å². The third-order valence-electron chi connectivity index (χ3n) is 2.97. The van der Waals surface area contributed by atoms with Gasteiger partial charge >= 0.3 is 0 Å². The van der Waals surface area contributed by atoms with Crippen molar-refractivity contribution in [3.05, 3.63) is 77.4 Å². The van der Waals surface area contributed by atoms with Crippen LogP contribution in [0.25, 0.3) is 0 Å². The van der Waals surface area contributed by atoms with Crippen LogP contribution < -0.4 is 11.5 Å². The summed E-state index contributed by atoms with van der Waals surface area (Å²) < 4.78 is 0. The van der Waals surface area contributed by atoms with Gasteiger partial charge in [-0.3, -0.25) is 0 Å². The molecule has 0 aromatic heterocycles. The minimum Gasteiger partial charge on any atom is -0.508 e. The van der Waals surface area contributed by atoms with Gasteiger partial charge in [-0.1, -0.05) is 30.0 Å². The van der Waals surface area contributed by atoms with Crippen LogP contribution in [0.15, 0.2) is 81.7 Å². The van der Waals surface area contributed by atoms with Crippen molar-refractivity contribution in [2.24, 2.45) is 16.5 Å². The molecule has 118 valence electrons. The largest absolute Gasteiger partial charge is 0.508 e. The van der Waals surface area contributed by atoms with Crippen LogP contribution in [-0.2, 0) is 0 Å². The van der Waals surface area contributed by atoms with Crippen molar-refractivity contribution in [1.82, 2.24) is 0 Å². The van der Waals surface area contributed by atoms with E-state index >= 15 is 0 Å². The molecule has 2 aromatic rings. The van der Waals surface area contributed by atoms with Crippen LogP contribution in [-0.4, -0.2) is 10.9 Å². The summed E-state index contributed by atoms with van der Waals surface area (Å²) in [6.45, 7) is 2.07. The van der Waals surface area contributed by atoms with E-state index < -0.39 is 0 Å². The lowest BCUT2D eigenvalue weighted by Gasteiger charge is -2.00. The molecule has 23 heavy (non-hydrogen) atoms. The Hall–Kier alpha value is -2.66. The SMILES string of the molecule is Cc1ccccc1S/C=C/C(N)=C/C(N)=Nc1ccc(O)cc1. The number of thioether (sulfide) groups is 1. The van der Waals surface area contributed by atoms with Crippen molar-refractivity contribution in [3.8, 4) is 5.75 Å². The highest BCUT2D eigenvalue weighted by Gasteiger charge is 1.95. The van der Waals surface area contributed by atoms with Crippen LogP contribution in [0.1, 0.15) is 5.56 Å². The molecule has 0 heterocycles. The molecule has 4 nitrogen and oxygen atoms in total. The molecule has 0 amide bonds. The first-order valence-corrected chi connectivity index (χ1v) is 7.92. The lowest BCUT2D eigenvalue weighted by atomic mass is 10.2. The van der Waals surface area contributed by atoms with Gasteiger partial charge in [0.05, 0.1) is 5.69 Å². The van der Waals surface area contributed by atoms with Gasteiger partial charge in [0.1, 0.15) is 11.6 Å². The number of rotatable bonds is 5. The van der Waals surface area contributed by atoms with E-state index in [4.69, 9.17) is 11.5 Å². The van der Waals surface area contributed by atoms with E-state index in [2.05, 4.69) is 24.0 Å². The zero-order chi connectivity index (χ0) is 16.7. The maximum absolute atomic E-state index is 9.22. The zero-order valence-corrected chi connectivity index (χ0v) is 13.6. The monoisotopic (exact) mass is 325 g/mol. The van der Waals surface area contributed by atoms with E-state index in [1.54, 1.807) is 48.2 Å². The molecule has 0 saturated carbocycles. The van der Waals surface area contributed by atoms with Gasteiger partial charge in [0.15, 0.2) is 0 Å². The van der Waals surface area contributed by atoms with Crippen LogP contribution >= 0.6 is 11.8 Å². The van der Waals surface area contributed by atoms with E-state index in [1.807, 2.05) is 17.5 Å². The van der Waals surface area contributed by atoms with Crippen LogP contribution in [0.2, 0.25) is 0 Å². The molecule has 0 unspecified atom stereocenters. The summed E-state index contributed by atoms with van der Waals surface area (Å²) in [4.78, 5) is 5.39. The normalized spacial score (nSPS) is 12.7. The van der Waals surface area contributed by atoms with Crippen LogP contribution in [0.3, 0.4) is 0 Å². The van der Waals surface area contributed by atoms with E-state index in [9.17, 15) is 5.11 Å². The highest BCUT2D eigenvalue weighted by molar-refractivity contribution is 8.02. The molecule has 2 aromatic carbocycles. The number of aliphatic imine (C=N–C) groups is 1. The predicted octanol–water partition coefficient (Wildman–Crippen LogP) is 3.84. The number of nitrogens with zero attached hydrogens (tertiary/aromatic N) is 1. The standard InChI is InChI=1S/C18H19N3OS/c1-13-4-2-3-5-17(13)23-11-10-14(19)12-18(20)21-15-6-8-16(22)9-7-15/h2-12,22H,19H2,1H3,(H2,20,21)/b11-10+,14-12-. The van der Waals surface area contributed by atoms with Crippen LogP contribution in [0, 0.1) is 6.92 Å². The molecule has 0 aliphatic carbocycles. The number of allylic oxidation sites excluding steroid dienone is 1. The molecular formula is C18H19N3OS. The minimum atomic E-state index is 0.189. The van der Waals surface area contributed by atoms with Gasteiger partial charge in [-0.2, -0.15) is 0 Å². The first-order chi connectivity index (χ1) is 11.0. The number of phenolic OH excluding ortho intramolecular Hbond substituents is 1. The average Bonchev–Trinajstić information content (AvgIpc) is 2.51. The summed E-state index contributed by atoms with van der Waals surface area (Å²) in [6, 6.07) is 14.6. The van der Waals surface area contributed by atoms with Gasteiger partial charge < -0.3 is 16.6 Å². The van der Waals surface area contributed by atoms with Gasteiger partial charge in [0.25, 0.3) is 0 Å². The summed E-state index contributed by atoms with van der Waals surface area (Å²) >= 11 is 1.60. The second kappa shape index (κ2) is 8.10. The fourth-order valence-corrected chi connectivity index (χ4v) is 2.58. The minimum absolute atomic E-state index is 0.189. The number of benzene rings is 2. The van der Waals surface area contributed by atoms with Crippen molar-refractivity contribution in [1.29, 1.82) is 0 Å². The van der Waals surface area contributed by atoms with Gasteiger partial charge in [-0.05, 0) is 54.3 Å². The molecule has 5 heteroatoms. The first-order valence-electron chi connectivity index (χ1n) is 7.04. The Labute approximate surface area is 140 Å². The smallest absolute Gasteiger partial charge is 0.126 e. The van der Waals surface area contributed by atoms with Crippen molar-refractivity contribution < 1.29 is 5.11 Å². The highest BCUT2D eigenvalue weighted by atomic mass is 32.2. The number of aryl methyl sites for hydroxylation is 1. The third kappa shape index (κ3) is 5.56. The Morgan fingerprint density at radius 3 is 2.48 bits per heavy atom. The topological polar surface area (TPSA) is 84.6 Å². The Morgan fingerprint density at radius 2 is 1.78 bits per heavy atom. The van der Waals surface area contributed by atoms with Crippen LogP contribution in [0.4, 0.5) is 5.69 Å². The summed E-state index contributed by atoms with van der Waals surface area (Å²) in [5, 5.41) is 11.1. The molecule has 0 radical (unpaired) electrons. The van der Waals surface area contributed by atoms with Crippen LogP contribution in [0.5, 0.6) is 5.75 Å². The van der Waals surface area contributed by atoms with Gasteiger partial charge in [0, 0.05) is 16.7 Å². The quantitative estimate of drug-likeness (QED) is 0.337. The number of hydrogen-bond acceptors (Lipinski definition) is 4. The Kier molecular flexibility index (Phi) is 5.88. The summed E-state index contributed by atoms with van der Waals surface area (Å²) in [5.41, 5.74) is 14.2. The molecule has 0 spiro atoms. The van der Waals surface area contributed by atoms with E-state index in [-0.39, 0.29) is 5.75 Å².